The number of carbonyl (C=O) groups is 1. The van der Waals surface area contributed by atoms with Crippen LogP contribution in [-0.2, 0) is 19.6 Å². The number of thioether (sulfide) groups is 1. The number of hydrogen-bond acceptors (Lipinski definition) is 6. The second kappa shape index (κ2) is 5.29. The second-order valence-electron chi connectivity index (χ2n) is 4.53. The third kappa shape index (κ3) is 2.31. The summed E-state index contributed by atoms with van der Waals surface area (Å²) in [7, 11) is -3.81. The van der Waals surface area contributed by atoms with Gasteiger partial charge in [-0.3, -0.25) is 4.90 Å². The molecule has 1 aromatic rings. The molecule has 0 radical (unpaired) electrons. The van der Waals surface area contributed by atoms with Gasteiger partial charge in [-0.1, -0.05) is 11.6 Å². The SMILES string of the molecule is CCOC(=O)C1=C(C)N2C(=NS(=O)(=O)c3ccc(Cl)cc32)S1. The van der Waals surface area contributed by atoms with Crippen molar-refractivity contribution in [2.45, 2.75) is 18.7 Å². The van der Waals surface area contributed by atoms with Gasteiger partial charge in [-0.25, -0.2) is 4.79 Å². The van der Waals surface area contributed by atoms with Gasteiger partial charge in [0.15, 0.2) is 5.17 Å². The predicted octanol–water partition coefficient (Wildman–Crippen LogP) is 2.75. The van der Waals surface area contributed by atoms with Crippen LogP contribution in [-0.4, -0.2) is 26.2 Å². The van der Waals surface area contributed by atoms with E-state index in [1.165, 1.54) is 12.1 Å². The quantitative estimate of drug-likeness (QED) is 0.756. The summed E-state index contributed by atoms with van der Waals surface area (Å²) in [5.41, 5.74) is 0.961. The summed E-state index contributed by atoms with van der Waals surface area (Å²) >= 11 is 6.96. The summed E-state index contributed by atoms with van der Waals surface area (Å²) < 4.78 is 33.2. The molecular weight excluding hydrogens is 348 g/mol. The Hall–Kier alpha value is -1.51. The van der Waals surface area contributed by atoms with E-state index in [9.17, 15) is 13.2 Å². The number of nitrogens with zero attached hydrogens (tertiary/aromatic N) is 2. The van der Waals surface area contributed by atoms with Crippen LogP contribution in [0.15, 0.2) is 38.1 Å². The topological polar surface area (TPSA) is 76.0 Å². The molecule has 0 saturated carbocycles. The highest BCUT2D eigenvalue weighted by atomic mass is 35.5. The highest BCUT2D eigenvalue weighted by Gasteiger charge is 2.40. The molecule has 0 N–H and O–H groups in total. The summed E-state index contributed by atoms with van der Waals surface area (Å²) in [5.74, 6) is -0.497. The molecule has 2 aliphatic rings. The van der Waals surface area contributed by atoms with Crippen LogP contribution in [0.1, 0.15) is 13.8 Å². The lowest BCUT2D eigenvalue weighted by atomic mass is 10.2. The van der Waals surface area contributed by atoms with E-state index < -0.39 is 16.0 Å². The second-order valence-corrected chi connectivity index (χ2v) is 7.52. The van der Waals surface area contributed by atoms with Crippen molar-refractivity contribution in [2.75, 3.05) is 11.5 Å². The number of sulfonamides is 1. The van der Waals surface area contributed by atoms with Crippen molar-refractivity contribution in [3.63, 3.8) is 0 Å². The van der Waals surface area contributed by atoms with Crippen molar-refractivity contribution < 1.29 is 17.9 Å². The molecule has 0 unspecified atom stereocenters. The minimum absolute atomic E-state index is 0.0608. The maximum absolute atomic E-state index is 12.2. The van der Waals surface area contributed by atoms with E-state index >= 15 is 0 Å². The van der Waals surface area contributed by atoms with Crippen molar-refractivity contribution in [3.05, 3.63) is 33.8 Å². The molecule has 0 atom stereocenters. The van der Waals surface area contributed by atoms with Gasteiger partial charge < -0.3 is 4.74 Å². The molecule has 0 fully saturated rings. The molecular formula is C13H11ClN2O4S2. The Kier molecular flexibility index (Phi) is 3.70. The van der Waals surface area contributed by atoms with Crippen LogP contribution in [0.5, 0.6) is 0 Å². The fourth-order valence-corrected chi connectivity index (χ4v) is 4.76. The smallest absolute Gasteiger partial charge is 0.346 e. The zero-order valence-electron chi connectivity index (χ0n) is 11.7. The summed E-state index contributed by atoms with van der Waals surface area (Å²) in [6, 6.07) is 4.45. The Morgan fingerprint density at radius 1 is 1.45 bits per heavy atom. The van der Waals surface area contributed by atoms with Gasteiger partial charge >= 0.3 is 5.97 Å². The van der Waals surface area contributed by atoms with E-state index in [0.29, 0.717) is 21.3 Å². The molecule has 0 bridgehead atoms. The van der Waals surface area contributed by atoms with Crippen LogP contribution in [0.4, 0.5) is 5.69 Å². The number of rotatable bonds is 2. The Morgan fingerprint density at radius 3 is 2.86 bits per heavy atom. The first-order valence-electron chi connectivity index (χ1n) is 6.35. The van der Waals surface area contributed by atoms with Crippen molar-refractivity contribution >= 4 is 50.2 Å². The number of benzene rings is 1. The van der Waals surface area contributed by atoms with Crippen molar-refractivity contribution in [3.8, 4) is 0 Å². The van der Waals surface area contributed by atoms with Gasteiger partial charge in [0, 0.05) is 10.7 Å². The molecule has 6 nitrogen and oxygen atoms in total. The maximum atomic E-state index is 12.2. The fourth-order valence-electron chi connectivity index (χ4n) is 2.22. The number of anilines is 1. The van der Waals surface area contributed by atoms with E-state index in [1.54, 1.807) is 24.8 Å². The minimum atomic E-state index is -3.81. The minimum Gasteiger partial charge on any atom is -0.462 e. The Bertz CT molecular complexity index is 846. The molecule has 116 valence electrons. The molecule has 9 heteroatoms. The molecule has 0 saturated heterocycles. The number of amidine groups is 1. The number of ether oxygens (including phenoxy) is 1. The van der Waals surface area contributed by atoms with Crippen LogP contribution >= 0.6 is 23.4 Å². The predicted molar refractivity (Wildman–Crippen MR) is 85.5 cm³/mol. The van der Waals surface area contributed by atoms with Gasteiger partial charge in [-0.2, -0.15) is 8.42 Å². The fraction of sp³-hybridized carbons (Fsp3) is 0.231. The normalized spacial score (nSPS) is 18.7. The zero-order valence-corrected chi connectivity index (χ0v) is 14.0. The standard InChI is InChI=1S/C13H11ClN2O4S2/c1-3-20-12(17)11-7(2)16-9-6-8(14)4-5-10(9)22(18,19)15-13(16)21-11/h4-6H,3H2,1-2H3. The van der Waals surface area contributed by atoms with E-state index in [2.05, 4.69) is 4.40 Å². The number of allylic oxidation sites excluding steroid dienone is 1. The molecule has 1 aromatic carbocycles. The lowest BCUT2D eigenvalue weighted by Crippen LogP contribution is -2.29. The van der Waals surface area contributed by atoms with Gasteiger partial charge in [0.05, 0.1) is 12.3 Å². The Balaban J connectivity index is 2.18. The van der Waals surface area contributed by atoms with Gasteiger partial charge in [-0.05, 0) is 43.8 Å². The van der Waals surface area contributed by atoms with Crippen LogP contribution in [0.25, 0.3) is 0 Å². The summed E-state index contributed by atoms with van der Waals surface area (Å²) in [4.78, 5) is 14.0. The summed E-state index contributed by atoms with van der Waals surface area (Å²) in [6.07, 6.45) is 0. The van der Waals surface area contributed by atoms with Gasteiger partial charge in [-0.15, -0.1) is 4.40 Å². The number of halogens is 1. The number of esters is 1. The van der Waals surface area contributed by atoms with Crippen LogP contribution in [0.2, 0.25) is 5.02 Å². The number of fused-ring (bicyclic) bond motifs is 3. The van der Waals surface area contributed by atoms with E-state index in [1.807, 2.05) is 0 Å². The first kappa shape index (κ1) is 15.4. The zero-order chi connectivity index (χ0) is 16.1. The first-order valence-corrected chi connectivity index (χ1v) is 8.99. The Morgan fingerprint density at radius 2 is 2.18 bits per heavy atom. The van der Waals surface area contributed by atoms with Crippen LogP contribution in [0, 0.1) is 0 Å². The van der Waals surface area contributed by atoms with Gasteiger partial charge in [0.25, 0.3) is 10.0 Å². The Labute approximate surface area is 136 Å². The summed E-state index contributed by atoms with van der Waals surface area (Å²) in [5, 5.41) is 0.605. The van der Waals surface area contributed by atoms with Gasteiger partial charge in [0.1, 0.15) is 9.80 Å². The van der Waals surface area contributed by atoms with Crippen LogP contribution in [0.3, 0.4) is 0 Å². The lowest BCUT2D eigenvalue weighted by molar-refractivity contribution is -0.137. The highest BCUT2D eigenvalue weighted by molar-refractivity contribution is 8.19. The van der Waals surface area contributed by atoms with Crippen molar-refractivity contribution in [2.24, 2.45) is 4.40 Å². The largest absolute Gasteiger partial charge is 0.462 e. The molecule has 0 spiro atoms. The van der Waals surface area contributed by atoms with Crippen LogP contribution < -0.4 is 4.90 Å². The number of carbonyl (C=O) groups excluding carboxylic acids is 1. The molecule has 2 heterocycles. The molecule has 0 aromatic heterocycles. The van der Waals surface area contributed by atoms with E-state index in [-0.39, 0.29) is 16.7 Å². The third-order valence-electron chi connectivity index (χ3n) is 3.15. The monoisotopic (exact) mass is 358 g/mol. The highest BCUT2D eigenvalue weighted by Crippen LogP contribution is 2.45. The molecule has 0 aliphatic carbocycles. The molecule has 0 amide bonds. The maximum Gasteiger partial charge on any atom is 0.346 e. The molecule has 22 heavy (non-hydrogen) atoms. The number of hydrogen-bond donors (Lipinski definition) is 0. The van der Waals surface area contributed by atoms with E-state index in [4.69, 9.17) is 16.3 Å². The average molecular weight is 359 g/mol. The third-order valence-corrected chi connectivity index (χ3v) is 5.94. The molecule has 3 rings (SSSR count). The first-order chi connectivity index (χ1) is 10.3. The van der Waals surface area contributed by atoms with Crippen molar-refractivity contribution in [1.82, 2.24) is 0 Å². The van der Waals surface area contributed by atoms with Crippen molar-refractivity contribution in [1.29, 1.82) is 0 Å². The summed E-state index contributed by atoms with van der Waals surface area (Å²) in [6.45, 7) is 3.66. The lowest BCUT2D eigenvalue weighted by Gasteiger charge is -2.26. The molecule has 2 aliphatic heterocycles. The van der Waals surface area contributed by atoms with E-state index in [0.717, 1.165) is 11.8 Å². The average Bonchev–Trinajstić information content (AvgIpc) is 2.74. The van der Waals surface area contributed by atoms with Gasteiger partial charge in [0.2, 0.25) is 0 Å².